The van der Waals surface area contributed by atoms with Crippen LogP contribution in [-0.2, 0) is 11.8 Å². The smallest absolute Gasteiger partial charge is 0.127 e. The fraction of sp³-hybridized carbons (Fsp3) is 0.455. The molecule has 0 saturated heterocycles. The van der Waals surface area contributed by atoms with E-state index in [1.165, 1.54) is 29.5 Å². The Balaban J connectivity index is 0. The summed E-state index contributed by atoms with van der Waals surface area (Å²) in [6.45, 7) is 23.1. The third kappa shape index (κ3) is 15.3. The zero-order valence-electron chi connectivity index (χ0n) is 24.0. The Hall–Kier alpha value is -2.54. The molecule has 3 aromatic rings. The molecule has 0 fully saturated rings. The fourth-order valence-corrected chi connectivity index (χ4v) is 2.67. The summed E-state index contributed by atoms with van der Waals surface area (Å²) < 4.78 is 5.95. The molecule has 0 bridgehead atoms. The summed E-state index contributed by atoms with van der Waals surface area (Å²) in [5.74, 6) is 1.74. The van der Waals surface area contributed by atoms with Gasteiger partial charge in [-0.2, -0.15) is 0 Å². The Morgan fingerprint density at radius 2 is 0.882 bits per heavy atom. The van der Waals surface area contributed by atoms with Gasteiger partial charge in [-0.1, -0.05) is 144 Å². The molecule has 190 valence electrons. The lowest BCUT2D eigenvalue weighted by Crippen LogP contribution is -2.10. The van der Waals surface area contributed by atoms with Crippen molar-refractivity contribution in [1.82, 2.24) is 0 Å². The molecule has 34 heavy (non-hydrogen) atoms. The molecule has 0 aliphatic heterocycles. The van der Waals surface area contributed by atoms with Gasteiger partial charge in [-0.3, -0.25) is 0 Å². The second kappa shape index (κ2) is 21.0. The predicted octanol–water partition coefficient (Wildman–Crippen LogP) is 11.3. The predicted molar refractivity (Wildman–Crippen MR) is 156 cm³/mol. The van der Waals surface area contributed by atoms with Crippen LogP contribution in [0.4, 0.5) is 0 Å². The fourth-order valence-electron chi connectivity index (χ4n) is 2.67. The molecular formula is C33H52O. The maximum absolute atomic E-state index is 5.95. The molecule has 0 atom stereocenters. The summed E-state index contributed by atoms with van der Waals surface area (Å²) in [6, 6.07) is 27.2. The van der Waals surface area contributed by atoms with Crippen LogP contribution in [0, 0.1) is 0 Å². The topological polar surface area (TPSA) is 9.23 Å². The van der Waals surface area contributed by atoms with Crippen LogP contribution in [0.25, 0.3) is 0 Å². The summed E-state index contributed by atoms with van der Waals surface area (Å²) in [7, 11) is 0. The van der Waals surface area contributed by atoms with Crippen LogP contribution >= 0.6 is 0 Å². The van der Waals surface area contributed by atoms with Crippen molar-refractivity contribution in [2.24, 2.45) is 0 Å². The Morgan fingerprint density at radius 1 is 0.529 bits per heavy atom. The lowest BCUT2D eigenvalue weighted by atomic mass is 9.87. The molecule has 1 heteroatoms. The molecule has 1 nitrogen and oxygen atoms in total. The van der Waals surface area contributed by atoms with E-state index in [0.29, 0.717) is 0 Å². The molecule has 0 aliphatic rings. The van der Waals surface area contributed by atoms with Crippen LogP contribution in [0.3, 0.4) is 0 Å². The summed E-state index contributed by atoms with van der Waals surface area (Å²) in [6.07, 6.45) is 3.45. The first kappa shape index (κ1) is 33.6. The second-order valence-corrected chi connectivity index (χ2v) is 8.60. The largest absolute Gasteiger partial charge is 0.457 e. The van der Waals surface area contributed by atoms with E-state index in [1.807, 2.05) is 58.0 Å². The van der Waals surface area contributed by atoms with E-state index >= 15 is 0 Å². The molecule has 3 rings (SSSR count). The lowest BCUT2D eigenvalue weighted by molar-refractivity contribution is 0.481. The summed E-state index contributed by atoms with van der Waals surface area (Å²) >= 11 is 0. The number of hydrogen-bond acceptors (Lipinski definition) is 1. The van der Waals surface area contributed by atoms with Crippen LogP contribution in [0.1, 0.15) is 106 Å². The van der Waals surface area contributed by atoms with Crippen LogP contribution in [-0.4, -0.2) is 0 Å². The van der Waals surface area contributed by atoms with E-state index in [-0.39, 0.29) is 5.41 Å². The van der Waals surface area contributed by atoms with Crippen LogP contribution in [0.15, 0.2) is 78.9 Å². The zero-order valence-corrected chi connectivity index (χ0v) is 24.0. The minimum Gasteiger partial charge on any atom is -0.457 e. The summed E-state index contributed by atoms with van der Waals surface area (Å²) in [5.41, 5.74) is 4.09. The second-order valence-electron chi connectivity index (χ2n) is 8.60. The van der Waals surface area contributed by atoms with Gasteiger partial charge >= 0.3 is 0 Å². The van der Waals surface area contributed by atoms with Gasteiger partial charge in [-0.25, -0.2) is 0 Å². The lowest BCUT2D eigenvalue weighted by Gasteiger charge is -2.19. The van der Waals surface area contributed by atoms with Crippen molar-refractivity contribution in [1.29, 1.82) is 0 Å². The van der Waals surface area contributed by atoms with Crippen LogP contribution in [0.2, 0.25) is 0 Å². The molecule has 0 heterocycles. The van der Waals surface area contributed by atoms with E-state index in [0.717, 1.165) is 17.9 Å². The normalized spacial score (nSPS) is 9.38. The molecule has 3 aromatic carbocycles. The Kier molecular flexibility index (Phi) is 20.8. The maximum atomic E-state index is 5.95. The molecule has 0 N–H and O–H groups in total. The quantitative estimate of drug-likeness (QED) is 0.373. The van der Waals surface area contributed by atoms with Crippen molar-refractivity contribution < 1.29 is 4.74 Å². The highest BCUT2D eigenvalue weighted by Gasteiger charge is 2.13. The van der Waals surface area contributed by atoms with E-state index in [4.69, 9.17) is 4.74 Å². The van der Waals surface area contributed by atoms with Gasteiger partial charge in [0.05, 0.1) is 0 Å². The van der Waals surface area contributed by atoms with Gasteiger partial charge in [-0.05, 0) is 52.8 Å². The van der Waals surface area contributed by atoms with Crippen molar-refractivity contribution in [3.8, 4) is 11.5 Å². The van der Waals surface area contributed by atoms with E-state index in [2.05, 4.69) is 97.0 Å². The molecule has 0 unspecified atom stereocenters. The molecule has 0 saturated carbocycles. The van der Waals surface area contributed by atoms with Crippen molar-refractivity contribution in [3.63, 3.8) is 0 Å². The average Bonchev–Trinajstić information content (AvgIpc) is 2.84. The Labute approximate surface area is 212 Å². The Bertz CT molecular complexity index is 792. The van der Waals surface area contributed by atoms with Gasteiger partial charge in [-0.15, -0.1) is 0 Å². The number of rotatable bonds is 4. The average molecular weight is 465 g/mol. The summed E-state index contributed by atoms with van der Waals surface area (Å²) in [5, 5.41) is 0. The van der Waals surface area contributed by atoms with Crippen LogP contribution < -0.4 is 4.74 Å². The highest BCUT2D eigenvalue weighted by atomic mass is 16.5. The molecule has 0 aliphatic carbocycles. The third-order valence-corrected chi connectivity index (χ3v) is 4.13. The molecule has 0 aromatic heterocycles. The van der Waals surface area contributed by atoms with Gasteiger partial charge in [0.15, 0.2) is 0 Å². The van der Waals surface area contributed by atoms with Crippen LogP contribution in [0.5, 0.6) is 11.5 Å². The minimum absolute atomic E-state index is 0.164. The standard InChI is InChI=1S/C23H24O.2C3H8.2C2H6/c1-23(2,3)20-11-15-22(16-12-20)24-21-13-9-19(10-14-21)17-18-7-5-4-6-8-18;2*1-3-2;2*1-2/h4-16H,17H2,1-3H3;2*3H2,1-2H3;2*1-2H3. The van der Waals surface area contributed by atoms with Gasteiger partial charge < -0.3 is 4.74 Å². The monoisotopic (exact) mass is 464 g/mol. The molecule has 0 amide bonds. The van der Waals surface area contributed by atoms with Gasteiger partial charge in [0.1, 0.15) is 11.5 Å². The van der Waals surface area contributed by atoms with Crippen molar-refractivity contribution in [3.05, 3.63) is 95.6 Å². The summed E-state index contributed by atoms with van der Waals surface area (Å²) in [4.78, 5) is 0. The van der Waals surface area contributed by atoms with E-state index in [1.54, 1.807) is 0 Å². The van der Waals surface area contributed by atoms with Crippen molar-refractivity contribution in [2.45, 2.75) is 101 Å². The van der Waals surface area contributed by atoms with Gasteiger partial charge in [0.2, 0.25) is 0 Å². The third-order valence-electron chi connectivity index (χ3n) is 4.13. The van der Waals surface area contributed by atoms with Crippen molar-refractivity contribution in [2.75, 3.05) is 0 Å². The van der Waals surface area contributed by atoms with E-state index in [9.17, 15) is 0 Å². The highest BCUT2D eigenvalue weighted by molar-refractivity contribution is 5.37. The maximum Gasteiger partial charge on any atom is 0.127 e. The zero-order chi connectivity index (χ0) is 26.4. The molecular weight excluding hydrogens is 412 g/mol. The molecule has 0 radical (unpaired) electrons. The van der Waals surface area contributed by atoms with Gasteiger partial charge in [0, 0.05) is 0 Å². The number of hydrogen-bond donors (Lipinski definition) is 0. The highest BCUT2D eigenvalue weighted by Crippen LogP contribution is 2.27. The van der Waals surface area contributed by atoms with Gasteiger partial charge in [0.25, 0.3) is 0 Å². The van der Waals surface area contributed by atoms with Crippen molar-refractivity contribution >= 4 is 0 Å². The van der Waals surface area contributed by atoms with E-state index < -0.39 is 0 Å². The number of benzene rings is 3. The SMILES string of the molecule is CC.CC.CC(C)(C)c1ccc(Oc2ccc(Cc3ccccc3)cc2)cc1.CCC.CCC. The molecule has 0 spiro atoms. The Morgan fingerprint density at radius 3 is 1.26 bits per heavy atom. The number of ether oxygens (including phenoxy) is 1. The first-order valence-corrected chi connectivity index (χ1v) is 13.2. The minimum atomic E-state index is 0.164. The first-order valence-electron chi connectivity index (χ1n) is 13.2. The first-order chi connectivity index (χ1) is 16.3.